The summed E-state index contributed by atoms with van der Waals surface area (Å²) < 4.78 is 48.5. The maximum atomic E-state index is 12.1. The third kappa shape index (κ3) is 1.83. The Morgan fingerprint density at radius 2 is 2.14 bits per heavy atom. The van der Waals surface area contributed by atoms with Crippen molar-refractivity contribution in [3.63, 3.8) is 0 Å². The van der Waals surface area contributed by atoms with Crippen molar-refractivity contribution >= 4 is 5.97 Å². The minimum atomic E-state index is -4.89. The zero-order valence-electron chi connectivity index (χ0n) is 6.55. The van der Waals surface area contributed by atoms with E-state index in [2.05, 4.69) is 5.10 Å². The van der Waals surface area contributed by atoms with Crippen molar-refractivity contribution in [3.05, 3.63) is 17.5 Å². The van der Waals surface area contributed by atoms with Gasteiger partial charge in [-0.1, -0.05) is 0 Å². The number of carboxylic acid groups (broad SMARTS) is 1. The van der Waals surface area contributed by atoms with E-state index in [-0.39, 0.29) is 4.68 Å². The Bertz CT molecular complexity index is 357. The van der Waals surface area contributed by atoms with Crippen molar-refractivity contribution in [2.45, 2.75) is 13.0 Å². The van der Waals surface area contributed by atoms with Crippen LogP contribution in [-0.4, -0.2) is 20.9 Å². The molecule has 0 unspecified atom stereocenters. The molecular formula is C6H4F4N2O2. The van der Waals surface area contributed by atoms with Gasteiger partial charge < -0.3 is 5.11 Å². The number of rotatable bonds is 2. The highest BCUT2D eigenvalue weighted by molar-refractivity contribution is 5.88. The first kappa shape index (κ1) is 10.5. The summed E-state index contributed by atoms with van der Waals surface area (Å²) in [6, 6.07) is 0. The second kappa shape index (κ2) is 3.28. The van der Waals surface area contributed by atoms with Crippen LogP contribution in [0.2, 0.25) is 0 Å². The predicted molar refractivity (Wildman–Crippen MR) is 35.3 cm³/mol. The van der Waals surface area contributed by atoms with Gasteiger partial charge in [0.25, 0.3) is 0 Å². The molecule has 0 fully saturated rings. The van der Waals surface area contributed by atoms with E-state index in [1.807, 2.05) is 0 Å². The van der Waals surface area contributed by atoms with Crippen molar-refractivity contribution in [2.75, 3.05) is 0 Å². The first-order valence-electron chi connectivity index (χ1n) is 3.30. The minimum Gasteiger partial charge on any atom is -0.478 e. The molecule has 0 aliphatic carbocycles. The van der Waals surface area contributed by atoms with E-state index >= 15 is 0 Å². The molecule has 0 saturated heterocycles. The number of hydrogen-bond acceptors (Lipinski definition) is 2. The second-order valence-corrected chi connectivity index (χ2v) is 2.35. The van der Waals surface area contributed by atoms with Crippen molar-refractivity contribution < 1.29 is 27.5 Å². The van der Waals surface area contributed by atoms with Crippen LogP contribution in [-0.2, 0) is 13.0 Å². The van der Waals surface area contributed by atoms with E-state index in [1.165, 1.54) is 0 Å². The number of aromatic carboxylic acids is 1. The highest BCUT2D eigenvalue weighted by Crippen LogP contribution is 2.30. The molecule has 1 aromatic rings. The molecule has 1 heterocycles. The molecule has 0 atom stereocenters. The number of alkyl halides is 4. The first-order valence-corrected chi connectivity index (χ1v) is 3.30. The highest BCUT2D eigenvalue weighted by atomic mass is 19.4. The molecule has 0 amide bonds. The average molecular weight is 212 g/mol. The zero-order chi connectivity index (χ0) is 10.9. The Balaban J connectivity index is 3.26. The molecule has 8 heteroatoms. The van der Waals surface area contributed by atoms with E-state index in [0.29, 0.717) is 6.20 Å². The highest BCUT2D eigenvalue weighted by Gasteiger charge is 2.39. The normalized spacial score (nSPS) is 11.7. The fourth-order valence-electron chi connectivity index (χ4n) is 0.848. The molecule has 0 bridgehead atoms. The SMILES string of the molecule is O=C(O)c1cn(CF)nc1C(F)(F)F. The largest absolute Gasteiger partial charge is 0.478 e. The van der Waals surface area contributed by atoms with Crippen molar-refractivity contribution in [3.8, 4) is 0 Å². The van der Waals surface area contributed by atoms with Gasteiger partial charge in [-0.15, -0.1) is 0 Å². The lowest BCUT2D eigenvalue weighted by molar-refractivity contribution is -0.142. The summed E-state index contributed by atoms with van der Waals surface area (Å²) in [5, 5.41) is 11.1. The minimum absolute atomic E-state index is 0.270. The van der Waals surface area contributed by atoms with E-state index in [1.54, 1.807) is 0 Å². The van der Waals surface area contributed by atoms with Crippen LogP contribution in [0, 0.1) is 0 Å². The molecule has 14 heavy (non-hydrogen) atoms. The fraction of sp³-hybridized carbons (Fsp3) is 0.333. The number of carbonyl (C=O) groups is 1. The van der Waals surface area contributed by atoms with Gasteiger partial charge in [0.15, 0.2) is 12.5 Å². The molecule has 0 radical (unpaired) electrons. The summed E-state index contributed by atoms with van der Waals surface area (Å²) in [5.74, 6) is -1.79. The maximum Gasteiger partial charge on any atom is 0.436 e. The third-order valence-corrected chi connectivity index (χ3v) is 1.38. The maximum absolute atomic E-state index is 12.1. The third-order valence-electron chi connectivity index (χ3n) is 1.38. The molecular weight excluding hydrogens is 208 g/mol. The van der Waals surface area contributed by atoms with E-state index in [9.17, 15) is 22.4 Å². The van der Waals surface area contributed by atoms with Gasteiger partial charge in [0.1, 0.15) is 5.56 Å². The molecule has 4 nitrogen and oxygen atoms in total. The predicted octanol–water partition coefficient (Wildman–Crippen LogP) is 1.53. The van der Waals surface area contributed by atoms with Crippen LogP contribution in [0.25, 0.3) is 0 Å². The Labute approximate surface area is 74.8 Å². The summed E-state index contributed by atoms with van der Waals surface area (Å²) in [5.41, 5.74) is -2.65. The summed E-state index contributed by atoms with van der Waals surface area (Å²) in [6.45, 7) is -1.31. The Morgan fingerprint density at radius 3 is 2.43 bits per heavy atom. The molecule has 0 aromatic carbocycles. The molecule has 1 rings (SSSR count). The van der Waals surface area contributed by atoms with Crippen LogP contribution in [0.5, 0.6) is 0 Å². The van der Waals surface area contributed by atoms with E-state index in [0.717, 1.165) is 0 Å². The van der Waals surface area contributed by atoms with Gasteiger partial charge in [0, 0.05) is 6.20 Å². The topological polar surface area (TPSA) is 55.1 Å². The Hall–Kier alpha value is -1.60. The lowest BCUT2D eigenvalue weighted by Gasteiger charge is -2.02. The smallest absolute Gasteiger partial charge is 0.436 e. The summed E-state index contributed by atoms with van der Waals surface area (Å²) in [7, 11) is 0. The number of halogens is 4. The number of aromatic nitrogens is 2. The average Bonchev–Trinajstić information content (AvgIpc) is 2.46. The van der Waals surface area contributed by atoms with E-state index in [4.69, 9.17) is 5.11 Å². The second-order valence-electron chi connectivity index (χ2n) is 2.35. The van der Waals surface area contributed by atoms with Crippen LogP contribution < -0.4 is 0 Å². The standard InChI is InChI=1S/C6H4F4N2O2/c7-2-12-1-3(5(13)14)4(11-12)6(8,9)10/h1H,2H2,(H,13,14). The molecule has 1 aromatic heterocycles. The van der Waals surface area contributed by atoms with Gasteiger partial charge in [-0.25, -0.2) is 13.9 Å². The van der Waals surface area contributed by atoms with Gasteiger partial charge in [-0.2, -0.15) is 18.3 Å². The molecule has 0 saturated carbocycles. The Kier molecular flexibility index (Phi) is 2.45. The molecule has 0 aliphatic heterocycles. The van der Waals surface area contributed by atoms with Crippen LogP contribution >= 0.6 is 0 Å². The first-order chi connectivity index (χ1) is 6.36. The van der Waals surface area contributed by atoms with Gasteiger partial charge in [-0.3, -0.25) is 0 Å². The van der Waals surface area contributed by atoms with Gasteiger partial charge in [0.05, 0.1) is 0 Å². The summed E-state index contributed by atoms with van der Waals surface area (Å²) >= 11 is 0. The number of carboxylic acids is 1. The Morgan fingerprint density at radius 1 is 1.57 bits per heavy atom. The monoisotopic (exact) mass is 212 g/mol. The molecule has 0 aliphatic rings. The van der Waals surface area contributed by atoms with Crippen molar-refractivity contribution in [1.29, 1.82) is 0 Å². The van der Waals surface area contributed by atoms with Crippen LogP contribution in [0.15, 0.2) is 6.20 Å². The van der Waals surface area contributed by atoms with Crippen molar-refractivity contribution in [1.82, 2.24) is 9.78 Å². The van der Waals surface area contributed by atoms with Crippen LogP contribution in [0.4, 0.5) is 17.6 Å². The van der Waals surface area contributed by atoms with Crippen LogP contribution in [0.3, 0.4) is 0 Å². The zero-order valence-corrected chi connectivity index (χ0v) is 6.55. The summed E-state index contributed by atoms with van der Waals surface area (Å²) in [6.07, 6.45) is -4.40. The van der Waals surface area contributed by atoms with Crippen LogP contribution in [0.1, 0.15) is 16.1 Å². The summed E-state index contributed by atoms with van der Waals surface area (Å²) in [4.78, 5) is 10.3. The van der Waals surface area contributed by atoms with E-state index < -0.39 is 30.2 Å². The molecule has 1 N–H and O–H groups in total. The molecule has 78 valence electrons. The fourth-order valence-corrected chi connectivity index (χ4v) is 0.848. The quantitative estimate of drug-likeness (QED) is 0.756. The van der Waals surface area contributed by atoms with Crippen molar-refractivity contribution in [2.24, 2.45) is 0 Å². The molecule has 0 spiro atoms. The lowest BCUT2D eigenvalue weighted by atomic mass is 10.2. The number of nitrogens with zero attached hydrogens (tertiary/aromatic N) is 2. The van der Waals surface area contributed by atoms with Gasteiger partial charge in [-0.05, 0) is 0 Å². The van der Waals surface area contributed by atoms with Gasteiger partial charge in [0.2, 0.25) is 0 Å². The lowest BCUT2D eigenvalue weighted by Crippen LogP contribution is -2.12. The number of hydrogen-bond donors (Lipinski definition) is 1. The van der Waals surface area contributed by atoms with Gasteiger partial charge >= 0.3 is 12.1 Å².